The Morgan fingerprint density at radius 2 is 1.52 bits per heavy atom. The summed E-state index contributed by atoms with van der Waals surface area (Å²) in [5.74, 6) is -0.551. The number of hydrogen-bond donors (Lipinski definition) is 7. The highest BCUT2D eigenvalue weighted by Crippen LogP contribution is 2.39. The number of phenolic OH excluding ortho intramolecular Hbond substituents is 1. The van der Waals surface area contributed by atoms with Gasteiger partial charge in [0, 0.05) is 12.5 Å². The molecule has 11 unspecified atom stereocenters. The summed E-state index contributed by atoms with van der Waals surface area (Å²) < 4.78 is 33.1. The van der Waals surface area contributed by atoms with E-state index in [0.717, 1.165) is 6.07 Å². The van der Waals surface area contributed by atoms with Gasteiger partial charge in [-0.1, -0.05) is 12.1 Å². The molecule has 230 valence electrons. The van der Waals surface area contributed by atoms with Gasteiger partial charge in [0.2, 0.25) is 6.29 Å². The molecule has 2 aromatic rings. The zero-order valence-electron chi connectivity index (χ0n) is 22.7. The van der Waals surface area contributed by atoms with Gasteiger partial charge in [-0.3, -0.25) is 0 Å². The SMILES string of the molecule is COc1ccc(C2Cc3cc(O)cc(OC4OC(COC5OC(C)C(O)C(O)C5O)C(O)C(O)C4O)c3C(=O)O2)cc1. The number of fused-ring (bicyclic) bond motifs is 1. The molecule has 0 saturated carbocycles. The van der Waals surface area contributed by atoms with Crippen LogP contribution in [0.15, 0.2) is 36.4 Å². The molecular formula is C28H34O14. The molecule has 2 aromatic carbocycles. The van der Waals surface area contributed by atoms with Crippen LogP contribution in [-0.4, -0.2) is 117 Å². The van der Waals surface area contributed by atoms with Gasteiger partial charge in [0.15, 0.2) is 6.29 Å². The highest BCUT2D eigenvalue weighted by molar-refractivity contribution is 5.95. The molecule has 3 heterocycles. The lowest BCUT2D eigenvalue weighted by Crippen LogP contribution is -2.61. The standard InChI is InChI=1S/C28H34O14/c1-11-20(30)22(32)24(34)27(39-11)38-10-18-21(31)23(33)25(35)28(42-18)41-17-9-14(29)7-13-8-16(40-26(36)19(13)17)12-3-5-15(37-2)6-4-12/h3-7,9,11,16,18,20-25,27-35H,8,10H2,1-2H3. The summed E-state index contributed by atoms with van der Waals surface area (Å²) in [6.07, 6.45) is -15.5. The molecular weight excluding hydrogens is 560 g/mol. The van der Waals surface area contributed by atoms with Gasteiger partial charge < -0.3 is 64.2 Å². The van der Waals surface area contributed by atoms with Gasteiger partial charge in [0.05, 0.1) is 19.8 Å². The Kier molecular flexibility index (Phi) is 8.89. The van der Waals surface area contributed by atoms with E-state index >= 15 is 0 Å². The van der Waals surface area contributed by atoms with Crippen LogP contribution in [0.25, 0.3) is 0 Å². The number of methoxy groups -OCH3 is 1. The zero-order valence-corrected chi connectivity index (χ0v) is 22.7. The second-order valence-corrected chi connectivity index (χ2v) is 10.5. The van der Waals surface area contributed by atoms with E-state index in [-0.39, 0.29) is 23.5 Å². The van der Waals surface area contributed by atoms with Crippen LogP contribution in [0.2, 0.25) is 0 Å². The predicted octanol–water partition coefficient (Wildman–Crippen LogP) is -1.11. The monoisotopic (exact) mass is 594 g/mol. The van der Waals surface area contributed by atoms with Gasteiger partial charge in [-0.2, -0.15) is 0 Å². The van der Waals surface area contributed by atoms with Crippen molar-refractivity contribution >= 4 is 5.97 Å². The Balaban J connectivity index is 1.32. The number of cyclic esters (lactones) is 1. The highest BCUT2D eigenvalue weighted by Gasteiger charge is 2.48. The van der Waals surface area contributed by atoms with Gasteiger partial charge >= 0.3 is 5.97 Å². The second kappa shape index (κ2) is 12.3. The first-order chi connectivity index (χ1) is 20.0. The number of phenols is 1. The molecule has 14 nitrogen and oxygen atoms in total. The van der Waals surface area contributed by atoms with Gasteiger partial charge in [-0.15, -0.1) is 0 Å². The largest absolute Gasteiger partial charge is 0.508 e. The smallest absolute Gasteiger partial charge is 0.342 e. The van der Waals surface area contributed by atoms with E-state index < -0.39 is 80.1 Å². The summed E-state index contributed by atoms with van der Waals surface area (Å²) in [4.78, 5) is 13.1. The van der Waals surface area contributed by atoms with Gasteiger partial charge in [0.25, 0.3) is 0 Å². The quantitative estimate of drug-likeness (QED) is 0.189. The third-order valence-electron chi connectivity index (χ3n) is 7.66. The van der Waals surface area contributed by atoms with Crippen molar-refractivity contribution in [3.63, 3.8) is 0 Å². The van der Waals surface area contributed by atoms with Crippen molar-refractivity contribution in [2.75, 3.05) is 13.7 Å². The van der Waals surface area contributed by atoms with E-state index in [0.29, 0.717) is 16.9 Å². The number of carbonyl (C=O) groups excluding carboxylic acids is 1. The first kappa shape index (κ1) is 30.4. The van der Waals surface area contributed by atoms with Crippen LogP contribution in [0.4, 0.5) is 0 Å². The van der Waals surface area contributed by atoms with E-state index in [2.05, 4.69) is 0 Å². The van der Waals surface area contributed by atoms with Crippen LogP contribution in [0.1, 0.15) is 34.5 Å². The van der Waals surface area contributed by atoms with E-state index in [9.17, 15) is 40.5 Å². The summed E-state index contributed by atoms with van der Waals surface area (Å²) in [7, 11) is 1.53. The molecule has 5 rings (SSSR count). The number of aromatic hydroxyl groups is 1. The number of carbonyl (C=O) groups is 1. The molecule has 0 aromatic heterocycles. The van der Waals surface area contributed by atoms with Gasteiger partial charge in [0.1, 0.15) is 71.6 Å². The maximum absolute atomic E-state index is 13.1. The first-order valence-corrected chi connectivity index (χ1v) is 13.4. The number of esters is 1. The topological polar surface area (TPSA) is 214 Å². The Hall–Kier alpha value is -3.05. The van der Waals surface area contributed by atoms with Crippen molar-refractivity contribution in [3.8, 4) is 17.2 Å². The highest BCUT2D eigenvalue weighted by atomic mass is 16.7. The average molecular weight is 595 g/mol. The summed E-state index contributed by atoms with van der Waals surface area (Å²) >= 11 is 0. The molecule has 42 heavy (non-hydrogen) atoms. The van der Waals surface area contributed by atoms with E-state index in [1.807, 2.05) is 0 Å². The Bertz CT molecular complexity index is 1250. The molecule has 0 aliphatic carbocycles. The van der Waals surface area contributed by atoms with Crippen LogP contribution in [0.3, 0.4) is 0 Å². The van der Waals surface area contributed by atoms with Gasteiger partial charge in [-0.25, -0.2) is 4.79 Å². The van der Waals surface area contributed by atoms with Crippen LogP contribution >= 0.6 is 0 Å². The number of ether oxygens (including phenoxy) is 6. The van der Waals surface area contributed by atoms with Crippen LogP contribution in [0, 0.1) is 0 Å². The molecule has 2 saturated heterocycles. The van der Waals surface area contributed by atoms with Gasteiger partial charge in [-0.05, 0) is 36.2 Å². The molecule has 0 radical (unpaired) electrons. The third-order valence-corrected chi connectivity index (χ3v) is 7.66. The Morgan fingerprint density at radius 3 is 2.21 bits per heavy atom. The van der Waals surface area contributed by atoms with Crippen molar-refractivity contribution < 1.29 is 69.0 Å². The second-order valence-electron chi connectivity index (χ2n) is 10.5. The summed E-state index contributed by atoms with van der Waals surface area (Å²) in [6, 6.07) is 9.49. The summed E-state index contributed by atoms with van der Waals surface area (Å²) in [5.41, 5.74) is 1.10. The number of aliphatic hydroxyl groups excluding tert-OH is 6. The number of rotatable bonds is 7. The fourth-order valence-corrected chi connectivity index (χ4v) is 5.19. The minimum absolute atomic E-state index is 0.0120. The molecule has 0 spiro atoms. The minimum Gasteiger partial charge on any atom is -0.508 e. The molecule has 3 aliphatic rings. The summed E-state index contributed by atoms with van der Waals surface area (Å²) in [5, 5.41) is 72.0. The van der Waals surface area contributed by atoms with E-state index in [4.69, 9.17) is 28.4 Å². The maximum Gasteiger partial charge on any atom is 0.342 e. The lowest BCUT2D eigenvalue weighted by atomic mass is 9.93. The van der Waals surface area contributed by atoms with Crippen molar-refractivity contribution in [1.29, 1.82) is 0 Å². The molecule has 2 fully saturated rings. The normalized spacial score (nSPS) is 36.6. The van der Waals surface area contributed by atoms with Crippen molar-refractivity contribution in [1.82, 2.24) is 0 Å². The fourth-order valence-electron chi connectivity index (χ4n) is 5.19. The fraction of sp³-hybridized carbons (Fsp3) is 0.536. The Labute approximate surface area is 240 Å². The minimum atomic E-state index is -1.78. The Morgan fingerprint density at radius 1 is 0.857 bits per heavy atom. The number of hydrogen-bond acceptors (Lipinski definition) is 14. The van der Waals surface area contributed by atoms with Crippen LogP contribution < -0.4 is 9.47 Å². The lowest BCUT2D eigenvalue weighted by Gasteiger charge is -2.42. The maximum atomic E-state index is 13.1. The summed E-state index contributed by atoms with van der Waals surface area (Å²) in [6.45, 7) is 0.970. The van der Waals surface area contributed by atoms with Crippen LogP contribution in [0.5, 0.6) is 17.2 Å². The molecule has 0 amide bonds. The molecule has 11 atom stereocenters. The lowest BCUT2D eigenvalue weighted by molar-refractivity contribution is -0.318. The van der Waals surface area contributed by atoms with E-state index in [1.54, 1.807) is 24.3 Å². The molecule has 7 N–H and O–H groups in total. The number of benzene rings is 2. The number of aliphatic hydroxyl groups is 6. The van der Waals surface area contributed by atoms with Crippen molar-refractivity contribution in [3.05, 3.63) is 53.1 Å². The average Bonchev–Trinajstić information content (AvgIpc) is 2.97. The molecule has 0 bridgehead atoms. The third kappa shape index (κ3) is 5.90. The zero-order chi connectivity index (χ0) is 30.3. The van der Waals surface area contributed by atoms with Crippen LogP contribution in [-0.2, 0) is 25.4 Å². The first-order valence-electron chi connectivity index (χ1n) is 13.4. The van der Waals surface area contributed by atoms with Crippen molar-refractivity contribution in [2.45, 2.75) is 80.9 Å². The molecule has 14 heteroatoms. The predicted molar refractivity (Wildman–Crippen MR) is 139 cm³/mol. The van der Waals surface area contributed by atoms with E-state index in [1.165, 1.54) is 20.1 Å². The molecule has 3 aliphatic heterocycles. The van der Waals surface area contributed by atoms with Crippen molar-refractivity contribution in [2.24, 2.45) is 0 Å².